The molecule has 1 heterocycles. The van der Waals surface area contributed by atoms with E-state index in [-0.39, 0.29) is 21.2 Å². The summed E-state index contributed by atoms with van der Waals surface area (Å²) in [7, 11) is -3.61. The van der Waals surface area contributed by atoms with Crippen LogP contribution < -0.4 is 10.2 Å². The first-order valence-electron chi connectivity index (χ1n) is 8.82. The summed E-state index contributed by atoms with van der Waals surface area (Å²) in [4.78, 5) is 14.5. The smallest absolute Gasteiger partial charge is 0.378 e. The molecule has 1 N–H and O–H groups in total. The monoisotopic (exact) mass is 462 g/mol. The number of ether oxygens (including phenoxy) is 1. The van der Waals surface area contributed by atoms with Gasteiger partial charge in [-0.3, -0.25) is 4.79 Å². The molecule has 0 unspecified atom stereocenters. The van der Waals surface area contributed by atoms with Crippen molar-refractivity contribution in [2.75, 3.05) is 42.8 Å². The van der Waals surface area contributed by atoms with Crippen LogP contribution in [0, 0.1) is 0 Å². The Balaban J connectivity index is 2.01. The predicted molar refractivity (Wildman–Crippen MR) is 107 cm³/mol. The maximum atomic E-state index is 13.2. The Morgan fingerprint density at radius 2 is 1.80 bits per heavy atom. The van der Waals surface area contributed by atoms with Crippen molar-refractivity contribution in [1.29, 1.82) is 0 Å². The van der Waals surface area contributed by atoms with E-state index in [1.165, 1.54) is 18.2 Å². The second-order valence-corrected chi connectivity index (χ2v) is 9.12. The summed E-state index contributed by atoms with van der Waals surface area (Å²) in [5.74, 6) is -0.820. The molecule has 1 saturated heterocycles. The lowest BCUT2D eigenvalue weighted by Crippen LogP contribution is -2.36. The zero-order chi connectivity index (χ0) is 22.1. The number of alkyl halides is 3. The van der Waals surface area contributed by atoms with E-state index in [0.29, 0.717) is 32.0 Å². The van der Waals surface area contributed by atoms with Gasteiger partial charge < -0.3 is 15.0 Å². The summed E-state index contributed by atoms with van der Waals surface area (Å²) < 4.78 is 68.5. The van der Waals surface area contributed by atoms with E-state index in [1.54, 1.807) is 4.90 Å². The lowest BCUT2D eigenvalue weighted by Gasteiger charge is -2.31. The first-order chi connectivity index (χ1) is 14.0. The molecule has 11 heteroatoms. The molecule has 0 saturated carbocycles. The molecule has 0 spiro atoms. The molecule has 0 aromatic heterocycles. The number of rotatable bonds is 4. The molecule has 1 aliphatic heterocycles. The number of nitrogens with zero attached hydrogens (tertiary/aromatic N) is 1. The molecule has 1 fully saturated rings. The van der Waals surface area contributed by atoms with E-state index in [0.717, 1.165) is 24.5 Å². The van der Waals surface area contributed by atoms with Crippen LogP contribution in [-0.4, -0.2) is 46.9 Å². The highest BCUT2D eigenvalue weighted by Crippen LogP contribution is 2.36. The van der Waals surface area contributed by atoms with Gasteiger partial charge in [-0.25, -0.2) is 8.42 Å². The zero-order valence-corrected chi connectivity index (χ0v) is 17.4. The second-order valence-electron chi connectivity index (χ2n) is 6.70. The van der Waals surface area contributed by atoms with Gasteiger partial charge in [-0.15, -0.1) is 0 Å². The van der Waals surface area contributed by atoms with Crippen LogP contribution in [0.3, 0.4) is 0 Å². The number of anilines is 2. The summed E-state index contributed by atoms with van der Waals surface area (Å²) in [6.45, 7) is 1.68. The molecule has 30 heavy (non-hydrogen) atoms. The number of halogens is 4. The number of nitrogens with one attached hydrogen (secondary N) is 1. The molecule has 0 atom stereocenters. The first kappa shape index (κ1) is 22.4. The van der Waals surface area contributed by atoms with Crippen molar-refractivity contribution in [1.82, 2.24) is 0 Å². The summed E-state index contributed by atoms with van der Waals surface area (Å²) in [5, 5.41) is 2.43. The molecule has 3 rings (SSSR count). The van der Waals surface area contributed by atoms with Gasteiger partial charge in [-0.05, 0) is 36.4 Å². The van der Waals surface area contributed by atoms with Crippen LogP contribution in [0.4, 0.5) is 24.5 Å². The van der Waals surface area contributed by atoms with E-state index >= 15 is 0 Å². The van der Waals surface area contributed by atoms with E-state index in [9.17, 15) is 26.4 Å². The Bertz CT molecular complexity index is 1070. The van der Waals surface area contributed by atoms with Crippen LogP contribution in [0.1, 0.15) is 15.9 Å². The van der Waals surface area contributed by atoms with Gasteiger partial charge >= 0.3 is 6.18 Å². The first-order valence-corrected chi connectivity index (χ1v) is 11.1. The molecule has 162 valence electrons. The largest absolute Gasteiger partial charge is 0.416 e. The number of hydrogen-bond donors (Lipinski definition) is 1. The molecule has 2 aromatic rings. The Labute approximate surface area is 176 Å². The van der Waals surface area contributed by atoms with E-state index in [1.807, 2.05) is 0 Å². The van der Waals surface area contributed by atoms with Gasteiger partial charge in [0, 0.05) is 19.3 Å². The van der Waals surface area contributed by atoms with Gasteiger partial charge in [0.15, 0.2) is 9.84 Å². The Kier molecular flexibility index (Phi) is 6.30. The molecule has 0 bridgehead atoms. The number of amides is 1. The van der Waals surface area contributed by atoms with E-state index < -0.39 is 27.5 Å². The van der Waals surface area contributed by atoms with E-state index in [2.05, 4.69) is 5.32 Å². The summed E-state index contributed by atoms with van der Waals surface area (Å²) >= 11 is 6.04. The maximum absolute atomic E-state index is 13.2. The Hall–Kier alpha value is -2.30. The minimum absolute atomic E-state index is 0.0280. The van der Waals surface area contributed by atoms with Gasteiger partial charge in [-0.1, -0.05) is 11.6 Å². The van der Waals surface area contributed by atoms with E-state index in [4.69, 9.17) is 16.3 Å². The molecular weight excluding hydrogens is 445 g/mol. The number of sulfone groups is 1. The quantitative estimate of drug-likeness (QED) is 0.747. The zero-order valence-electron chi connectivity index (χ0n) is 15.8. The maximum Gasteiger partial charge on any atom is 0.416 e. The van der Waals surface area contributed by atoms with Gasteiger partial charge in [0.05, 0.1) is 45.6 Å². The fraction of sp³-hybridized carbons (Fsp3) is 0.316. The van der Waals surface area contributed by atoms with Crippen LogP contribution in [0.15, 0.2) is 41.3 Å². The third-order valence-corrected chi connectivity index (χ3v) is 5.97. The van der Waals surface area contributed by atoms with Gasteiger partial charge in [0.1, 0.15) is 0 Å². The lowest BCUT2D eigenvalue weighted by molar-refractivity contribution is -0.137. The van der Waals surface area contributed by atoms with Gasteiger partial charge in [0.25, 0.3) is 5.91 Å². The Morgan fingerprint density at radius 1 is 1.13 bits per heavy atom. The van der Waals surface area contributed by atoms with Crippen molar-refractivity contribution in [2.24, 2.45) is 0 Å². The van der Waals surface area contributed by atoms with Crippen LogP contribution in [0.25, 0.3) is 0 Å². The van der Waals surface area contributed by atoms with Crippen molar-refractivity contribution in [3.8, 4) is 0 Å². The fourth-order valence-electron chi connectivity index (χ4n) is 2.99. The number of carbonyl (C=O) groups excluding carboxylic acids is 1. The molecule has 2 aromatic carbocycles. The van der Waals surface area contributed by atoms with Crippen LogP contribution >= 0.6 is 11.6 Å². The van der Waals surface area contributed by atoms with Crippen molar-refractivity contribution in [3.63, 3.8) is 0 Å². The normalized spacial score (nSPS) is 15.2. The third kappa shape index (κ3) is 5.05. The SMILES string of the molecule is CS(=O)(=O)c1ccc(Cl)c(C(=O)Nc2cc(C(F)(F)F)ccc2N2CCOCC2)c1. The molecule has 0 radical (unpaired) electrons. The molecule has 0 aliphatic carbocycles. The molecular formula is C19H18ClF3N2O4S. The number of benzene rings is 2. The van der Waals surface area contributed by atoms with Crippen molar-refractivity contribution in [3.05, 3.63) is 52.5 Å². The fourth-order valence-corrected chi connectivity index (χ4v) is 3.84. The van der Waals surface area contributed by atoms with Gasteiger partial charge in [-0.2, -0.15) is 13.2 Å². The molecule has 1 aliphatic rings. The van der Waals surface area contributed by atoms with Gasteiger partial charge in [0.2, 0.25) is 0 Å². The third-order valence-electron chi connectivity index (χ3n) is 4.53. The minimum Gasteiger partial charge on any atom is -0.378 e. The second kappa shape index (κ2) is 8.44. The summed E-state index contributed by atoms with van der Waals surface area (Å²) in [5.41, 5.74) is -0.747. The van der Waals surface area contributed by atoms with Crippen molar-refractivity contribution >= 4 is 38.7 Å². The number of carbonyl (C=O) groups is 1. The summed E-state index contributed by atoms with van der Waals surface area (Å²) in [6.07, 6.45) is -3.63. The topological polar surface area (TPSA) is 75.7 Å². The van der Waals surface area contributed by atoms with Crippen molar-refractivity contribution < 1.29 is 31.1 Å². The predicted octanol–water partition coefficient (Wildman–Crippen LogP) is 3.85. The lowest BCUT2D eigenvalue weighted by atomic mass is 10.1. The van der Waals surface area contributed by atoms with Crippen molar-refractivity contribution in [2.45, 2.75) is 11.1 Å². The Morgan fingerprint density at radius 3 is 2.40 bits per heavy atom. The average molecular weight is 463 g/mol. The van der Waals surface area contributed by atoms with Crippen LogP contribution in [-0.2, 0) is 20.8 Å². The standard InChI is InChI=1S/C19H18ClF3N2O4S/c1-30(27,28)13-3-4-15(20)14(11-13)18(26)24-16-10-12(19(21,22)23)2-5-17(16)25-6-8-29-9-7-25/h2-5,10-11H,6-9H2,1H3,(H,24,26). The highest BCUT2D eigenvalue weighted by molar-refractivity contribution is 7.90. The van der Waals surface area contributed by atoms with Crippen LogP contribution in [0.2, 0.25) is 5.02 Å². The highest BCUT2D eigenvalue weighted by Gasteiger charge is 2.32. The highest BCUT2D eigenvalue weighted by atomic mass is 35.5. The number of morpholine rings is 1. The average Bonchev–Trinajstić information content (AvgIpc) is 2.67. The molecule has 1 amide bonds. The number of hydrogen-bond acceptors (Lipinski definition) is 5. The molecule has 6 nitrogen and oxygen atoms in total. The summed E-state index contributed by atoms with van der Waals surface area (Å²) in [6, 6.07) is 6.67. The van der Waals surface area contributed by atoms with Crippen LogP contribution in [0.5, 0.6) is 0 Å². The minimum atomic E-state index is -4.60.